The van der Waals surface area contributed by atoms with Crippen LogP contribution < -0.4 is 9.80 Å². The minimum atomic E-state index is 1.03. The van der Waals surface area contributed by atoms with Gasteiger partial charge in [0.15, 0.2) is 0 Å². The molecule has 2 heteroatoms. The van der Waals surface area contributed by atoms with Crippen molar-refractivity contribution in [1.82, 2.24) is 0 Å². The average molecular weight is 969 g/mol. The van der Waals surface area contributed by atoms with Crippen molar-refractivity contribution in [2.45, 2.75) is 0 Å². The van der Waals surface area contributed by atoms with Crippen LogP contribution in [0.4, 0.5) is 34.1 Å². The molecule has 0 aliphatic carbocycles. The zero-order valence-corrected chi connectivity index (χ0v) is 41.9. The summed E-state index contributed by atoms with van der Waals surface area (Å²) < 4.78 is 0. The Morgan fingerprint density at radius 1 is 0.158 bits per heavy atom. The zero-order chi connectivity index (χ0) is 50.6. The second-order valence-electron chi connectivity index (χ2n) is 19.3. The molecular weight excluding hydrogens is 917 g/mol. The second-order valence-corrected chi connectivity index (χ2v) is 19.3. The molecule has 0 bridgehead atoms. The van der Waals surface area contributed by atoms with Gasteiger partial charge in [-0.05, 0) is 167 Å². The van der Waals surface area contributed by atoms with Crippen molar-refractivity contribution in [3.63, 3.8) is 0 Å². The van der Waals surface area contributed by atoms with Gasteiger partial charge in [-0.15, -0.1) is 0 Å². The number of hydrogen-bond donors (Lipinski definition) is 0. The van der Waals surface area contributed by atoms with Gasteiger partial charge in [-0.2, -0.15) is 0 Å². The highest BCUT2D eigenvalue weighted by atomic mass is 15.2. The monoisotopic (exact) mass is 968 g/mol. The summed E-state index contributed by atoms with van der Waals surface area (Å²) >= 11 is 0. The lowest BCUT2D eigenvalue weighted by Gasteiger charge is -2.31. The van der Waals surface area contributed by atoms with Crippen molar-refractivity contribution in [1.29, 1.82) is 0 Å². The Labute approximate surface area is 445 Å². The number of nitrogens with zero attached hydrogens (tertiary/aromatic N) is 2. The third-order valence-corrected chi connectivity index (χ3v) is 14.6. The third-order valence-electron chi connectivity index (χ3n) is 14.6. The Morgan fingerprint density at radius 3 is 0.868 bits per heavy atom. The van der Waals surface area contributed by atoms with Crippen LogP contribution in [0.1, 0.15) is 0 Å². The molecule has 0 aliphatic heterocycles. The maximum Gasteiger partial charge on any atom is 0.0488 e. The van der Waals surface area contributed by atoms with Gasteiger partial charge in [0, 0.05) is 34.1 Å². The molecule has 13 aromatic carbocycles. The number of anilines is 6. The fraction of sp³-hybridized carbons (Fsp3) is 0. The largest absolute Gasteiger partial charge is 0.310 e. The first-order valence-electron chi connectivity index (χ1n) is 26.1. The standard InChI is InChI=1S/C74H52N2/c1-5-18-53(19-6-1)57-32-40-65(41-33-57)75(66-42-34-58(35-43-66)54-20-7-2-8-21-54)69-49-64(74-51-63-26-13-14-29-71(63)72-30-15-16-31-73(72)74)50-70(52-69)76(67-44-36-59(37-45-67)55-22-9-3-10-23-55)68-46-38-60(39-47-68)62-28-17-27-61(48-62)56-24-11-4-12-25-56/h1-52H. The van der Waals surface area contributed by atoms with E-state index in [0.29, 0.717) is 0 Å². The van der Waals surface area contributed by atoms with Crippen molar-refractivity contribution in [3.05, 3.63) is 315 Å². The average Bonchev–Trinajstić information content (AvgIpc) is 3.54. The van der Waals surface area contributed by atoms with Crippen LogP contribution in [0, 0.1) is 0 Å². The predicted octanol–water partition coefficient (Wildman–Crippen LogP) is 20.9. The molecule has 13 rings (SSSR count). The van der Waals surface area contributed by atoms with Gasteiger partial charge in [0.05, 0.1) is 0 Å². The number of fused-ring (bicyclic) bond motifs is 3. The fourth-order valence-corrected chi connectivity index (χ4v) is 10.8. The summed E-state index contributed by atoms with van der Waals surface area (Å²) in [5.41, 5.74) is 20.3. The molecule has 0 radical (unpaired) electrons. The Morgan fingerprint density at radius 2 is 0.461 bits per heavy atom. The molecule has 0 atom stereocenters. The number of hydrogen-bond acceptors (Lipinski definition) is 2. The second kappa shape index (κ2) is 20.5. The Hall–Kier alpha value is -10.0. The third kappa shape index (κ3) is 9.21. The molecule has 0 spiro atoms. The van der Waals surface area contributed by atoms with E-state index in [1.807, 2.05) is 0 Å². The minimum Gasteiger partial charge on any atom is -0.310 e. The van der Waals surface area contributed by atoms with Crippen LogP contribution in [0.2, 0.25) is 0 Å². The number of rotatable bonds is 12. The fourth-order valence-electron chi connectivity index (χ4n) is 10.8. The molecule has 2 nitrogen and oxygen atoms in total. The first-order valence-corrected chi connectivity index (χ1v) is 26.1. The summed E-state index contributed by atoms with van der Waals surface area (Å²) in [4.78, 5) is 4.84. The smallest absolute Gasteiger partial charge is 0.0488 e. The predicted molar refractivity (Wildman–Crippen MR) is 323 cm³/mol. The molecule has 0 heterocycles. The van der Waals surface area contributed by atoms with Gasteiger partial charge in [0.1, 0.15) is 0 Å². The van der Waals surface area contributed by atoms with Crippen LogP contribution in [0.25, 0.3) is 88.3 Å². The lowest BCUT2D eigenvalue weighted by Crippen LogP contribution is -2.14. The maximum absolute atomic E-state index is 2.42. The summed E-state index contributed by atoms with van der Waals surface area (Å²) in [6.45, 7) is 0. The normalized spacial score (nSPS) is 11.2. The van der Waals surface area contributed by atoms with Gasteiger partial charge >= 0.3 is 0 Å². The van der Waals surface area contributed by atoms with E-state index in [1.165, 1.54) is 77.2 Å². The Bertz CT molecular complexity index is 4020. The van der Waals surface area contributed by atoms with E-state index in [4.69, 9.17) is 0 Å². The lowest BCUT2D eigenvalue weighted by atomic mass is 9.92. The quantitative estimate of drug-likeness (QED) is 0.113. The molecule has 0 saturated heterocycles. The van der Waals surface area contributed by atoms with Crippen LogP contribution in [-0.4, -0.2) is 0 Å². The molecule has 76 heavy (non-hydrogen) atoms. The lowest BCUT2D eigenvalue weighted by molar-refractivity contribution is 1.25. The molecule has 13 aromatic rings. The first kappa shape index (κ1) is 45.8. The van der Waals surface area contributed by atoms with Gasteiger partial charge in [-0.25, -0.2) is 0 Å². The summed E-state index contributed by atoms with van der Waals surface area (Å²) in [5, 5.41) is 4.88. The van der Waals surface area contributed by atoms with E-state index in [0.717, 1.165) is 45.3 Å². The molecular formula is C74H52N2. The molecule has 0 unspecified atom stereocenters. The molecule has 358 valence electrons. The van der Waals surface area contributed by atoms with Crippen LogP contribution >= 0.6 is 0 Å². The van der Waals surface area contributed by atoms with Gasteiger partial charge in [0.2, 0.25) is 0 Å². The van der Waals surface area contributed by atoms with E-state index in [1.54, 1.807) is 0 Å². The molecule has 0 saturated carbocycles. The number of benzene rings is 13. The maximum atomic E-state index is 2.42. The van der Waals surface area contributed by atoms with E-state index >= 15 is 0 Å². The van der Waals surface area contributed by atoms with Gasteiger partial charge < -0.3 is 9.80 Å². The van der Waals surface area contributed by atoms with Crippen molar-refractivity contribution in [3.8, 4) is 66.8 Å². The molecule has 0 N–H and O–H groups in total. The van der Waals surface area contributed by atoms with Crippen LogP contribution in [0.5, 0.6) is 0 Å². The van der Waals surface area contributed by atoms with Crippen molar-refractivity contribution in [2.24, 2.45) is 0 Å². The van der Waals surface area contributed by atoms with Crippen molar-refractivity contribution >= 4 is 55.7 Å². The highest BCUT2D eigenvalue weighted by molar-refractivity contribution is 6.14. The van der Waals surface area contributed by atoms with Gasteiger partial charge in [0.25, 0.3) is 0 Å². The molecule has 0 aliphatic rings. The zero-order valence-electron chi connectivity index (χ0n) is 41.9. The summed E-state index contributed by atoms with van der Waals surface area (Å²) in [6, 6.07) is 115. The minimum absolute atomic E-state index is 1.03. The Kier molecular flexibility index (Phi) is 12.3. The molecule has 0 fully saturated rings. The Balaban J connectivity index is 1.03. The van der Waals surface area contributed by atoms with Gasteiger partial charge in [-0.1, -0.05) is 237 Å². The summed E-state index contributed by atoms with van der Waals surface area (Å²) in [6.07, 6.45) is 0. The van der Waals surface area contributed by atoms with Crippen LogP contribution in [-0.2, 0) is 0 Å². The highest BCUT2D eigenvalue weighted by Gasteiger charge is 2.22. The van der Waals surface area contributed by atoms with E-state index in [2.05, 4.69) is 325 Å². The van der Waals surface area contributed by atoms with Crippen LogP contribution in [0.15, 0.2) is 315 Å². The molecule has 0 aromatic heterocycles. The van der Waals surface area contributed by atoms with E-state index in [-0.39, 0.29) is 0 Å². The summed E-state index contributed by atoms with van der Waals surface area (Å²) in [5.74, 6) is 0. The first-order chi connectivity index (χ1) is 37.7. The van der Waals surface area contributed by atoms with Crippen LogP contribution in [0.3, 0.4) is 0 Å². The topological polar surface area (TPSA) is 6.48 Å². The van der Waals surface area contributed by atoms with E-state index < -0.39 is 0 Å². The van der Waals surface area contributed by atoms with E-state index in [9.17, 15) is 0 Å². The van der Waals surface area contributed by atoms with Crippen molar-refractivity contribution < 1.29 is 0 Å². The molecule has 0 amide bonds. The summed E-state index contributed by atoms with van der Waals surface area (Å²) in [7, 11) is 0. The van der Waals surface area contributed by atoms with Gasteiger partial charge in [-0.3, -0.25) is 0 Å². The SMILES string of the molecule is c1ccc(-c2ccc(N(c3ccc(-c4ccccc4)cc3)c3cc(-c4cc5ccccc5c5ccccc45)cc(N(c4ccc(-c5ccccc5)cc4)c4ccc(-c5cccc(-c6ccccc6)c5)cc4)c3)cc2)cc1. The highest BCUT2D eigenvalue weighted by Crippen LogP contribution is 2.46. The van der Waals surface area contributed by atoms with Crippen molar-refractivity contribution in [2.75, 3.05) is 9.80 Å².